The van der Waals surface area contributed by atoms with E-state index in [1.54, 1.807) is 5.56 Å². The predicted octanol–water partition coefficient (Wildman–Crippen LogP) is 9.34. The molecule has 1 aliphatic rings. The topological polar surface area (TPSA) is 12.0 Å². The molecule has 0 heterocycles. The van der Waals surface area contributed by atoms with Crippen LogP contribution in [0.25, 0.3) is 0 Å². The lowest BCUT2D eigenvalue weighted by Crippen LogP contribution is -2.31. The van der Waals surface area contributed by atoms with Crippen molar-refractivity contribution in [2.45, 2.75) is 105 Å². The molecule has 0 aromatic heterocycles. The van der Waals surface area contributed by atoms with E-state index in [2.05, 4.69) is 83.7 Å². The summed E-state index contributed by atoms with van der Waals surface area (Å²) in [6.07, 6.45) is 9.72. The van der Waals surface area contributed by atoms with Gasteiger partial charge >= 0.3 is 0 Å². The van der Waals surface area contributed by atoms with Crippen LogP contribution in [0.3, 0.4) is 0 Å². The van der Waals surface area contributed by atoms with E-state index in [0.29, 0.717) is 6.04 Å². The van der Waals surface area contributed by atoms with Gasteiger partial charge in [0.25, 0.3) is 0 Å². The summed E-state index contributed by atoms with van der Waals surface area (Å²) in [5, 5.41) is 3.47. The molecule has 0 spiro atoms. The van der Waals surface area contributed by atoms with Crippen molar-refractivity contribution in [2.24, 2.45) is 11.8 Å². The molecule has 2 rings (SSSR count). The van der Waals surface area contributed by atoms with Crippen molar-refractivity contribution in [3.8, 4) is 0 Å². The predicted molar refractivity (Wildman–Crippen MR) is 143 cm³/mol. The smallest absolute Gasteiger partial charge is 0.00870 e. The summed E-state index contributed by atoms with van der Waals surface area (Å²) in [6.45, 7) is 26.9. The van der Waals surface area contributed by atoms with Crippen molar-refractivity contribution < 1.29 is 0 Å². The van der Waals surface area contributed by atoms with Crippen LogP contribution in [0.2, 0.25) is 0 Å². The first-order valence-corrected chi connectivity index (χ1v) is 12.4. The number of hydrogen-bond donors (Lipinski definition) is 1. The zero-order valence-corrected chi connectivity index (χ0v) is 21.9. The lowest BCUT2D eigenvalue weighted by molar-refractivity contribution is 0.271. The minimum atomic E-state index is 0.698. The second kappa shape index (κ2) is 23.9. The van der Waals surface area contributed by atoms with Gasteiger partial charge in [0.2, 0.25) is 0 Å². The third-order valence-electron chi connectivity index (χ3n) is 5.89. The molecule has 176 valence electrons. The van der Waals surface area contributed by atoms with Crippen molar-refractivity contribution in [1.29, 1.82) is 0 Å². The molecule has 0 saturated heterocycles. The molecule has 1 aliphatic carbocycles. The number of nitrogens with one attached hydrogen (secondary N) is 1. The number of benzene rings is 1. The average Bonchev–Trinajstić information content (AvgIpc) is 2.84. The Morgan fingerprint density at radius 1 is 0.967 bits per heavy atom. The van der Waals surface area contributed by atoms with Gasteiger partial charge in [-0.2, -0.15) is 0 Å². The first-order valence-electron chi connectivity index (χ1n) is 12.4. The minimum Gasteiger partial charge on any atom is -0.317 e. The zero-order chi connectivity index (χ0) is 23.9. The Hall–Kier alpha value is -1.34. The Balaban J connectivity index is -0.000000815. The van der Waals surface area contributed by atoms with Crippen LogP contribution in [0.4, 0.5) is 0 Å². The Labute approximate surface area is 191 Å². The summed E-state index contributed by atoms with van der Waals surface area (Å²) in [6, 6.07) is 9.86. The Bertz CT molecular complexity index is 453. The van der Waals surface area contributed by atoms with Crippen LogP contribution in [0.1, 0.15) is 104 Å². The van der Waals surface area contributed by atoms with Crippen LogP contribution in [0.15, 0.2) is 50.6 Å². The van der Waals surface area contributed by atoms with Crippen molar-refractivity contribution in [1.82, 2.24) is 5.32 Å². The molecule has 1 aromatic carbocycles. The van der Waals surface area contributed by atoms with E-state index in [1.807, 2.05) is 27.7 Å². The maximum absolute atomic E-state index is 3.47. The highest BCUT2D eigenvalue weighted by molar-refractivity contribution is 5.25. The van der Waals surface area contributed by atoms with Crippen LogP contribution >= 0.6 is 0 Å². The van der Waals surface area contributed by atoms with E-state index in [9.17, 15) is 0 Å². The van der Waals surface area contributed by atoms with Crippen LogP contribution in [-0.2, 0) is 0 Å². The molecule has 1 heteroatoms. The van der Waals surface area contributed by atoms with Gasteiger partial charge in [-0.1, -0.05) is 77.8 Å². The lowest BCUT2D eigenvalue weighted by atomic mass is 9.76. The van der Waals surface area contributed by atoms with Gasteiger partial charge in [-0.15, -0.1) is 26.3 Å². The molecular weight excluding hydrogens is 362 g/mol. The number of hydrogen-bond acceptors (Lipinski definition) is 1. The van der Waals surface area contributed by atoms with Gasteiger partial charge in [0.05, 0.1) is 0 Å². The maximum Gasteiger partial charge on any atom is 0.00870 e. The summed E-state index contributed by atoms with van der Waals surface area (Å²) in [5.74, 6) is 2.59. The molecule has 2 unspecified atom stereocenters. The molecule has 1 fully saturated rings. The fraction of sp³-hybridized carbons (Fsp3) is 0.655. The molecular formula is C29H55N. The third-order valence-corrected chi connectivity index (χ3v) is 5.89. The third kappa shape index (κ3) is 13.8. The standard InChI is InChI=1S/C21H35N.2C2H6.2C2H4/c1-5-21(22-4)17(3)9-10-18-11-13-19(14-12-18)20-8-6-7-16(2)15-20;4*1-2/h6-8,15,17-19,21-22H,5,9-14H2,1-4H3;2*1-2H3;2*1-2H2. The van der Waals surface area contributed by atoms with Gasteiger partial charge in [0.1, 0.15) is 0 Å². The van der Waals surface area contributed by atoms with Gasteiger partial charge in [-0.05, 0) is 75.8 Å². The summed E-state index contributed by atoms with van der Waals surface area (Å²) < 4.78 is 0. The van der Waals surface area contributed by atoms with E-state index in [0.717, 1.165) is 17.8 Å². The van der Waals surface area contributed by atoms with E-state index in [4.69, 9.17) is 0 Å². The normalized spacial score (nSPS) is 18.9. The summed E-state index contributed by atoms with van der Waals surface area (Å²) in [4.78, 5) is 0. The monoisotopic (exact) mass is 417 g/mol. The fourth-order valence-corrected chi connectivity index (χ4v) is 4.30. The quantitative estimate of drug-likeness (QED) is 0.436. The zero-order valence-electron chi connectivity index (χ0n) is 21.9. The van der Waals surface area contributed by atoms with Crippen LogP contribution in [0, 0.1) is 18.8 Å². The van der Waals surface area contributed by atoms with Crippen LogP contribution < -0.4 is 5.32 Å². The molecule has 0 radical (unpaired) electrons. The molecule has 0 bridgehead atoms. The second-order valence-electron chi connectivity index (χ2n) is 7.49. The SMILES string of the molecule is C=C.C=C.CC.CC.CCC(NC)C(C)CCC1CCC(c2cccc(C)c2)CC1. The average molecular weight is 418 g/mol. The summed E-state index contributed by atoms with van der Waals surface area (Å²) in [5.41, 5.74) is 2.99. The highest BCUT2D eigenvalue weighted by atomic mass is 14.9. The van der Waals surface area contributed by atoms with E-state index >= 15 is 0 Å². The van der Waals surface area contributed by atoms with Crippen molar-refractivity contribution in [2.75, 3.05) is 7.05 Å². The molecule has 1 aromatic rings. The van der Waals surface area contributed by atoms with Gasteiger partial charge in [-0.3, -0.25) is 0 Å². The fourth-order valence-electron chi connectivity index (χ4n) is 4.30. The Kier molecular flexibility index (Phi) is 26.6. The number of aryl methyl sites for hydroxylation is 1. The first-order chi connectivity index (χ1) is 14.6. The Morgan fingerprint density at radius 2 is 1.50 bits per heavy atom. The Morgan fingerprint density at radius 3 is 1.93 bits per heavy atom. The van der Waals surface area contributed by atoms with Gasteiger partial charge in [0, 0.05) is 6.04 Å². The van der Waals surface area contributed by atoms with E-state index in [1.165, 1.54) is 50.5 Å². The van der Waals surface area contributed by atoms with E-state index < -0.39 is 0 Å². The molecule has 1 N–H and O–H groups in total. The summed E-state index contributed by atoms with van der Waals surface area (Å²) in [7, 11) is 2.11. The van der Waals surface area contributed by atoms with Crippen LogP contribution in [0.5, 0.6) is 0 Å². The molecule has 0 aliphatic heterocycles. The highest BCUT2D eigenvalue weighted by Gasteiger charge is 2.23. The summed E-state index contributed by atoms with van der Waals surface area (Å²) >= 11 is 0. The van der Waals surface area contributed by atoms with Gasteiger partial charge in [-0.25, -0.2) is 0 Å². The van der Waals surface area contributed by atoms with Crippen molar-refractivity contribution >= 4 is 0 Å². The van der Waals surface area contributed by atoms with Crippen molar-refractivity contribution in [3.63, 3.8) is 0 Å². The molecule has 1 nitrogen and oxygen atoms in total. The van der Waals surface area contributed by atoms with Gasteiger partial charge in [0.15, 0.2) is 0 Å². The van der Waals surface area contributed by atoms with Crippen LogP contribution in [-0.4, -0.2) is 13.1 Å². The first kappa shape index (κ1) is 33.3. The maximum atomic E-state index is 3.47. The highest BCUT2D eigenvalue weighted by Crippen LogP contribution is 2.38. The second-order valence-corrected chi connectivity index (χ2v) is 7.49. The molecule has 1 saturated carbocycles. The molecule has 30 heavy (non-hydrogen) atoms. The lowest BCUT2D eigenvalue weighted by Gasteiger charge is -2.30. The largest absolute Gasteiger partial charge is 0.317 e. The van der Waals surface area contributed by atoms with E-state index in [-0.39, 0.29) is 0 Å². The molecule has 0 amide bonds. The minimum absolute atomic E-state index is 0.698. The van der Waals surface area contributed by atoms with Crippen molar-refractivity contribution in [3.05, 3.63) is 61.7 Å². The number of rotatable bonds is 7. The molecule has 2 atom stereocenters. The van der Waals surface area contributed by atoms with Gasteiger partial charge < -0.3 is 5.32 Å².